The summed E-state index contributed by atoms with van der Waals surface area (Å²) in [7, 11) is 0. The fourth-order valence-electron chi connectivity index (χ4n) is 1.37. The molecule has 0 saturated carbocycles. The predicted molar refractivity (Wildman–Crippen MR) is 56.6 cm³/mol. The SMILES string of the molecule is CC1ON=C(N)C1=Cc1ccccc1. The summed E-state index contributed by atoms with van der Waals surface area (Å²) in [6.45, 7) is 1.93. The molecule has 72 valence electrons. The third kappa shape index (κ3) is 1.62. The van der Waals surface area contributed by atoms with Crippen molar-refractivity contribution in [2.45, 2.75) is 13.0 Å². The van der Waals surface area contributed by atoms with Gasteiger partial charge in [0.05, 0.1) is 0 Å². The van der Waals surface area contributed by atoms with Crippen LogP contribution in [0.15, 0.2) is 41.1 Å². The van der Waals surface area contributed by atoms with E-state index in [1.807, 2.05) is 43.3 Å². The van der Waals surface area contributed by atoms with Crippen molar-refractivity contribution in [3.8, 4) is 0 Å². The normalized spacial score (nSPS) is 23.4. The Morgan fingerprint density at radius 1 is 1.36 bits per heavy atom. The molecule has 3 nitrogen and oxygen atoms in total. The fraction of sp³-hybridized carbons (Fsp3) is 0.182. The highest BCUT2D eigenvalue weighted by atomic mass is 16.6. The summed E-state index contributed by atoms with van der Waals surface area (Å²) in [6.07, 6.45) is 1.95. The van der Waals surface area contributed by atoms with Crippen LogP contribution in [-0.4, -0.2) is 11.9 Å². The molecule has 1 heterocycles. The van der Waals surface area contributed by atoms with Gasteiger partial charge in [-0.15, -0.1) is 0 Å². The minimum Gasteiger partial charge on any atom is -0.386 e. The van der Waals surface area contributed by atoms with Crippen LogP contribution in [0.4, 0.5) is 0 Å². The van der Waals surface area contributed by atoms with Crippen LogP contribution in [0.1, 0.15) is 12.5 Å². The monoisotopic (exact) mass is 188 g/mol. The Morgan fingerprint density at radius 3 is 2.64 bits per heavy atom. The van der Waals surface area contributed by atoms with Crippen LogP contribution in [0.3, 0.4) is 0 Å². The van der Waals surface area contributed by atoms with Crippen molar-refractivity contribution in [2.24, 2.45) is 10.9 Å². The molecule has 0 saturated heterocycles. The van der Waals surface area contributed by atoms with E-state index in [-0.39, 0.29) is 6.10 Å². The molecule has 0 amide bonds. The number of benzene rings is 1. The number of amidine groups is 1. The Balaban J connectivity index is 2.31. The van der Waals surface area contributed by atoms with Crippen molar-refractivity contribution in [3.63, 3.8) is 0 Å². The van der Waals surface area contributed by atoms with Crippen molar-refractivity contribution in [3.05, 3.63) is 41.5 Å². The zero-order valence-corrected chi connectivity index (χ0v) is 7.97. The number of hydrogen-bond donors (Lipinski definition) is 1. The zero-order chi connectivity index (χ0) is 9.97. The van der Waals surface area contributed by atoms with Gasteiger partial charge in [-0.25, -0.2) is 0 Å². The van der Waals surface area contributed by atoms with Crippen molar-refractivity contribution < 1.29 is 4.84 Å². The van der Waals surface area contributed by atoms with Crippen molar-refractivity contribution >= 4 is 11.9 Å². The third-order valence-electron chi connectivity index (χ3n) is 2.16. The molecule has 0 aromatic heterocycles. The minimum atomic E-state index is -0.0461. The molecular weight excluding hydrogens is 176 g/mol. The highest BCUT2D eigenvalue weighted by molar-refractivity contribution is 6.02. The summed E-state index contributed by atoms with van der Waals surface area (Å²) in [5, 5.41) is 3.72. The quantitative estimate of drug-likeness (QED) is 0.730. The van der Waals surface area contributed by atoms with E-state index in [1.54, 1.807) is 0 Å². The van der Waals surface area contributed by atoms with E-state index >= 15 is 0 Å². The van der Waals surface area contributed by atoms with E-state index in [0.29, 0.717) is 5.84 Å². The second kappa shape index (κ2) is 3.54. The van der Waals surface area contributed by atoms with Gasteiger partial charge in [0.1, 0.15) is 0 Å². The second-order valence-electron chi connectivity index (χ2n) is 3.23. The topological polar surface area (TPSA) is 47.6 Å². The van der Waals surface area contributed by atoms with Crippen molar-refractivity contribution in [1.82, 2.24) is 0 Å². The van der Waals surface area contributed by atoms with Crippen molar-refractivity contribution in [1.29, 1.82) is 0 Å². The highest BCUT2D eigenvalue weighted by Crippen LogP contribution is 2.17. The maximum atomic E-state index is 5.67. The molecule has 2 rings (SSSR count). The van der Waals surface area contributed by atoms with Crippen LogP contribution in [0.2, 0.25) is 0 Å². The van der Waals surface area contributed by atoms with Gasteiger partial charge in [0.25, 0.3) is 0 Å². The number of rotatable bonds is 1. The number of nitrogens with zero attached hydrogens (tertiary/aromatic N) is 1. The average molecular weight is 188 g/mol. The molecule has 3 heteroatoms. The van der Waals surface area contributed by atoms with Crippen LogP contribution < -0.4 is 5.73 Å². The lowest BCUT2D eigenvalue weighted by Gasteiger charge is -2.02. The summed E-state index contributed by atoms with van der Waals surface area (Å²) in [6, 6.07) is 9.99. The summed E-state index contributed by atoms with van der Waals surface area (Å²) in [5.41, 5.74) is 7.72. The maximum Gasteiger partial charge on any atom is 0.170 e. The molecule has 0 bridgehead atoms. The summed E-state index contributed by atoms with van der Waals surface area (Å²) in [4.78, 5) is 5.04. The van der Waals surface area contributed by atoms with Crippen LogP contribution >= 0.6 is 0 Å². The number of oxime groups is 1. The summed E-state index contributed by atoms with van der Waals surface area (Å²) in [5.74, 6) is 0.473. The van der Waals surface area contributed by atoms with E-state index in [9.17, 15) is 0 Å². The maximum absolute atomic E-state index is 5.67. The lowest BCUT2D eigenvalue weighted by atomic mass is 10.1. The van der Waals surface area contributed by atoms with Gasteiger partial charge < -0.3 is 10.6 Å². The second-order valence-corrected chi connectivity index (χ2v) is 3.23. The Hall–Kier alpha value is -1.77. The molecule has 1 aliphatic rings. The van der Waals surface area contributed by atoms with Gasteiger partial charge in [0.2, 0.25) is 0 Å². The fourth-order valence-corrected chi connectivity index (χ4v) is 1.37. The molecule has 14 heavy (non-hydrogen) atoms. The molecule has 0 radical (unpaired) electrons. The first-order valence-electron chi connectivity index (χ1n) is 4.53. The molecule has 1 aliphatic heterocycles. The highest BCUT2D eigenvalue weighted by Gasteiger charge is 2.20. The van der Waals surface area contributed by atoms with Gasteiger partial charge >= 0.3 is 0 Å². The number of hydrogen-bond acceptors (Lipinski definition) is 3. The van der Waals surface area contributed by atoms with Gasteiger partial charge in [-0.1, -0.05) is 35.5 Å². The lowest BCUT2D eigenvalue weighted by molar-refractivity contribution is 0.118. The zero-order valence-electron chi connectivity index (χ0n) is 7.97. The predicted octanol–water partition coefficient (Wildman–Crippen LogP) is 1.76. The molecule has 1 unspecified atom stereocenters. The van der Waals surface area contributed by atoms with Gasteiger partial charge in [-0.3, -0.25) is 0 Å². The van der Waals surface area contributed by atoms with E-state index in [0.717, 1.165) is 11.1 Å². The first kappa shape index (κ1) is 8.81. The van der Waals surface area contributed by atoms with Gasteiger partial charge in [0.15, 0.2) is 11.9 Å². The van der Waals surface area contributed by atoms with Gasteiger partial charge in [0, 0.05) is 5.57 Å². The standard InChI is InChI=1S/C11H12N2O/c1-8-10(11(12)13-14-8)7-9-5-3-2-4-6-9/h2-8H,1H3,(H2,12,13). The molecular formula is C11H12N2O. The van der Waals surface area contributed by atoms with Crippen LogP contribution in [0, 0.1) is 0 Å². The smallest absolute Gasteiger partial charge is 0.170 e. The molecule has 1 aromatic carbocycles. The van der Waals surface area contributed by atoms with Crippen LogP contribution in [0.5, 0.6) is 0 Å². The van der Waals surface area contributed by atoms with Crippen molar-refractivity contribution in [2.75, 3.05) is 0 Å². The minimum absolute atomic E-state index is 0.0461. The van der Waals surface area contributed by atoms with E-state index < -0.39 is 0 Å². The Morgan fingerprint density at radius 2 is 2.07 bits per heavy atom. The molecule has 0 aliphatic carbocycles. The van der Waals surface area contributed by atoms with Crippen LogP contribution in [0.25, 0.3) is 6.08 Å². The van der Waals surface area contributed by atoms with E-state index in [1.165, 1.54) is 0 Å². The molecule has 0 fully saturated rings. The largest absolute Gasteiger partial charge is 0.386 e. The van der Waals surface area contributed by atoms with Crippen LogP contribution in [-0.2, 0) is 4.84 Å². The Kier molecular flexibility index (Phi) is 2.23. The number of nitrogens with two attached hydrogens (primary N) is 1. The summed E-state index contributed by atoms with van der Waals surface area (Å²) >= 11 is 0. The first-order chi connectivity index (χ1) is 6.77. The Bertz CT molecular complexity index is 382. The average Bonchev–Trinajstić information content (AvgIpc) is 2.51. The Labute approximate surface area is 82.9 Å². The lowest BCUT2D eigenvalue weighted by Crippen LogP contribution is -2.15. The summed E-state index contributed by atoms with van der Waals surface area (Å²) < 4.78 is 0. The van der Waals surface area contributed by atoms with E-state index in [4.69, 9.17) is 10.6 Å². The van der Waals surface area contributed by atoms with Gasteiger partial charge in [-0.05, 0) is 18.6 Å². The molecule has 0 spiro atoms. The molecule has 1 atom stereocenters. The molecule has 2 N–H and O–H groups in total. The third-order valence-corrected chi connectivity index (χ3v) is 2.16. The van der Waals surface area contributed by atoms with E-state index in [2.05, 4.69) is 5.16 Å². The first-order valence-corrected chi connectivity index (χ1v) is 4.53. The van der Waals surface area contributed by atoms with Gasteiger partial charge in [-0.2, -0.15) is 0 Å². The molecule has 1 aromatic rings.